The average Bonchev–Trinajstić information content (AvgIpc) is 2.62. The van der Waals surface area contributed by atoms with Crippen LogP contribution in [-0.4, -0.2) is 24.2 Å². The van der Waals surface area contributed by atoms with E-state index in [4.69, 9.17) is 15.2 Å². The first-order valence-electron chi connectivity index (χ1n) is 7.76. The van der Waals surface area contributed by atoms with Gasteiger partial charge in [0.15, 0.2) is 0 Å². The van der Waals surface area contributed by atoms with Gasteiger partial charge in [-0.15, -0.1) is 0 Å². The number of nitriles is 2. The van der Waals surface area contributed by atoms with E-state index < -0.39 is 5.56 Å². The molecule has 0 saturated carbocycles. The van der Waals surface area contributed by atoms with Crippen molar-refractivity contribution in [3.63, 3.8) is 0 Å². The zero-order valence-corrected chi connectivity index (χ0v) is 14.0. The molecule has 0 spiro atoms. The van der Waals surface area contributed by atoms with Gasteiger partial charge in [-0.2, -0.15) is 10.5 Å². The van der Waals surface area contributed by atoms with Crippen LogP contribution < -0.4 is 16.0 Å². The molecule has 8 heteroatoms. The number of esters is 1. The molecule has 0 amide bonds. The van der Waals surface area contributed by atoms with Crippen LogP contribution in [0.4, 0.5) is 5.82 Å². The summed E-state index contributed by atoms with van der Waals surface area (Å²) in [7, 11) is 0. The standard InChI is InChI=1S/C18H16N4O4/c1-2-25-15(23)7-8-26-12-5-3-11(4-6-12)16-13(9-19)17(21)22-18(24)14(16)10-20/h3-6H,2,7-8H2,1H3,(H3,21,22,24). The Morgan fingerprint density at radius 2 is 1.85 bits per heavy atom. The third kappa shape index (κ3) is 4.00. The van der Waals surface area contributed by atoms with Crippen molar-refractivity contribution in [2.45, 2.75) is 13.3 Å². The summed E-state index contributed by atoms with van der Waals surface area (Å²) in [5.74, 6) is 0.0505. The number of ether oxygens (including phenoxy) is 2. The number of aromatic nitrogens is 1. The molecule has 0 atom stereocenters. The van der Waals surface area contributed by atoms with Crippen molar-refractivity contribution in [1.82, 2.24) is 4.98 Å². The number of nitrogens with zero attached hydrogens (tertiary/aromatic N) is 2. The predicted octanol–water partition coefficient (Wildman–Crippen LogP) is 1.70. The van der Waals surface area contributed by atoms with Crippen molar-refractivity contribution in [3.05, 3.63) is 45.7 Å². The van der Waals surface area contributed by atoms with Gasteiger partial charge in [0.2, 0.25) is 0 Å². The van der Waals surface area contributed by atoms with Gasteiger partial charge >= 0.3 is 5.97 Å². The minimum atomic E-state index is -0.659. The summed E-state index contributed by atoms with van der Waals surface area (Å²) in [5, 5.41) is 18.6. The molecule has 0 aliphatic heterocycles. The predicted molar refractivity (Wildman–Crippen MR) is 93.1 cm³/mol. The second-order valence-corrected chi connectivity index (χ2v) is 5.14. The number of nitrogens with two attached hydrogens (primary N) is 1. The number of aromatic amines is 1. The SMILES string of the molecule is CCOC(=O)CCOc1ccc(-c2c(C#N)c(N)[nH]c(=O)c2C#N)cc1. The van der Waals surface area contributed by atoms with Crippen molar-refractivity contribution < 1.29 is 14.3 Å². The van der Waals surface area contributed by atoms with Crippen molar-refractivity contribution in [1.29, 1.82) is 10.5 Å². The number of anilines is 1. The zero-order chi connectivity index (χ0) is 19.1. The Morgan fingerprint density at radius 3 is 2.42 bits per heavy atom. The van der Waals surface area contributed by atoms with Gasteiger partial charge in [-0.1, -0.05) is 12.1 Å². The van der Waals surface area contributed by atoms with Crippen molar-refractivity contribution in [2.24, 2.45) is 0 Å². The van der Waals surface area contributed by atoms with E-state index in [0.29, 0.717) is 17.9 Å². The summed E-state index contributed by atoms with van der Waals surface area (Å²) in [6.07, 6.45) is 0.122. The fourth-order valence-electron chi connectivity index (χ4n) is 2.34. The fourth-order valence-corrected chi connectivity index (χ4v) is 2.34. The topological polar surface area (TPSA) is 142 Å². The number of carbonyl (C=O) groups excluding carboxylic acids is 1. The van der Waals surface area contributed by atoms with E-state index in [1.54, 1.807) is 37.3 Å². The van der Waals surface area contributed by atoms with E-state index in [0.717, 1.165) is 0 Å². The van der Waals surface area contributed by atoms with Crippen LogP contribution in [0.15, 0.2) is 29.1 Å². The molecular weight excluding hydrogens is 336 g/mol. The molecule has 0 aliphatic rings. The van der Waals surface area contributed by atoms with E-state index in [1.165, 1.54) is 0 Å². The summed E-state index contributed by atoms with van der Waals surface area (Å²) in [4.78, 5) is 25.5. The molecule has 132 valence electrons. The van der Waals surface area contributed by atoms with Crippen LogP contribution in [0.3, 0.4) is 0 Å². The van der Waals surface area contributed by atoms with Gasteiger partial charge in [0.25, 0.3) is 5.56 Å². The van der Waals surface area contributed by atoms with Gasteiger partial charge < -0.3 is 20.2 Å². The van der Waals surface area contributed by atoms with Crippen LogP contribution in [-0.2, 0) is 9.53 Å². The third-order valence-corrected chi connectivity index (χ3v) is 3.49. The Labute approximate surface area is 149 Å². The van der Waals surface area contributed by atoms with Gasteiger partial charge in [-0.3, -0.25) is 9.59 Å². The fraction of sp³-hybridized carbons (Fsp3) is 0.222. The number of rotatable bonds is 6. The molecule has 8 nitrogen and oxygen atoms in total. The minimum absolute atomic E-state index is 0.0251. The number of nitrogens with one attached hydrogen (secondary N) is 1. The smallest absolute Gasteiger partial charge is 0.309 e. The highest BCUT2D eigenvalue weighted by molar-refractivity contribution is 5.80. The first kappa shape index (κ1) is 18.6. The second kappa shape index (κ2) is 8.36. The van der Waals surface area contributed by atoms with E-state index in [-0.39, 0.29) is 41.5 Å². The third-order valence-electron chi connectivity index (χ3n) is 3.49. The molecule has 0 aliphatic carbocycles. The van der Waals surface area contributed by atoms with Crippen molar-refractivity contribution in [2.75, 3.05) is 18.9 Å². The van der Waals surface area contributed by atoms with Gasteiger partial charge in [0.05, 0.1) is 19.6 Å². The molecule has 1 aromatic carbocycles. The molecule has 0 saturated heterocycles. The first-order chi connectivity index (χ1) is 12.5. The largest absolute Gasteiger partial charge is 0.493 e. The number of hydrogen-bond donors (Lipinski definition) is 2. The summed E-state index contributed by atoms with van der Waals surface area (Å²) >= 11 is 0. The molecule has 3 N–H and O–H groups in total. The van der Waals surface area contributed by atoms with Crippen LogP contribution in [0.2, 0.25) is 0 Å². The molecule has 2 rings (SSSR count). The Hall–Kier alpha value is -3.78. The molecule has 26 heavy (non-hydrogen) atoms. The van der Waals surface area contributed by atoms with Crippen LogP contribution >= 0.6 is 0 Å². The first-order valence-corrected chi connectivity index (χ1v) is 7.76. The lowest BCUT2D eigenvalue weighted by molar-refractivity contribution is -0.143. The summed E-state index contributed by atoms with van der Waals surface area (Å²) in [5.41, 5.74) is 5.52. The summed E-state index contributed by atoms with van der Waals surface area (Å²) in [6, 6.07) is 10.1. The van der Waals surface area contributed by atoms with Crippen LogP contribution in [0, 0.1) is 22.7 Å². The Balaban J connectivity index is 2.27. The molecule has 0 bridgehead atoms. The number of H-pyrrole nitrogens is 1. The minimum Gasteiger partial charge on any atom is -0.493 e. The second-order valence-electron chi connectivity index (χ2n) is 5.14. The highest BCUT2D eigenvalue weighted by Crippen LogP contribution is 2.29. The zero-order valence-electron chi connectivity index (χ0n) is 14.0. The number of benzene rings is 1. The van der Waals surface area contributed by atoms with Gasteiger partial charge in [0.1, 0.15) is 34.8 Å². The van der Waals surface area contributed by atoms with Gasteiger partial charge in [-0.25, -0.2) is 0 Å². The lowest BCUT2D eigenvalue weighted by Crippen LogP contribution is -2.16. The molecule has 2 aromatic rings. The number of pyridine rings is 1. The molecular formula is C18H16N4O4. The Kier molecular flexibility index (Phi) is 5.96. The number of hydrogen-bond acceptors (Lipinski definition) is 7. The number of nitrogen functional groups attached to an aromatic ring is 1. The maximum Gasteiger partial charge on any atom is 0.309 e. The van der Waals surface area contributed by atoms with Crippen LogP contribution in [0.1, 0.15) is 24.5 Å². The molecule has 1 aromatic heterocycles. The van der Waals surface area contributed by atoms with E-state index in [1.807, 2.05) is 6.07 Å². The normalized spacial score (nSPS) is 9.81. The van der Waals surface area contributed by atoms with Gasteiger partial charge in [-0.05, 0) is 24.6 Å². The molecule has 1 heterocycles. The Morgan fingerprint density at radius 1 is 1.19 bits per heavy atom. The van der Waals surface area contributed by atoms with Crippen LogP contribution in [0.5, 0.6) is 5.75 Å². The number of carbonyl (C=O) groups is 1. The monoisotopic (exact) mass is 352 g/mol. The summed E-state index contributed by atoms with van der Waals surface area (Å²) in [6.45, 7) is 2.20. The highest BCUT2D eigenvalue weighted by atomic mass is 16.5. The van der Waals surface area contributed by atoms with E-state index in [2.05, 4.69) is 4.98 Å². The van der Waals surface area contributed by atoms with Gasteiger partial charge in [0, 0.05) is 5.56 Å². The lowest BCUT2D eigenvalue weighted by Gasteiger charge is -2.10. The van der Waals surface area contributed by atoms with E-state index >= 15 is 0 Å². The molecule has 0 unspecified atom stereocenters. The average molecular weight is 352 g/mol. The maximum absolute atomic E-state index is 11.9. The Bertz CT molecular complexity index is 949. The highest BCUT2D eigenvalue weighted by Gasteiger charge is 2.18. The quantitative estimate of drug-likeness (QED) is 0.753. The van der Waals surface area contributed by atoms with Crippen molar-refractivity contribution >= 4 is 11.8 Å². The maximum atomic E-state index is 11.9. The lowest BCUT2D eigenvalue weighted by atomic mass is 9.97. The van der Waals surface area contributed by atoms with Crippen molar-refractivity contribution in [3.8, 4) is 29.0 Å². The van der Waals surface area contributed by atoms with E-state index in [9.17, 15) is 20.1 Å². The summed E-state index contributed by atoms with van der Waals surface area (Å²) < 4.78 is 10.3. The molecule has 0 fully saturated rings. The molecule has 0 radical (unpaired) electrons. The van der Waals surface area contributed by atoms with Crippen LogP contribution in [0.25, 0.3) is 11.1 Å².